The van der Waals surface area contributed by atoms with E-state index in [0.717, 1.165) is 50.4 Å². The molecule has 0 aliphatic rings. The Kier molecular flexibility index (Phi) is 4.89. The maximum Gasteiger partial charge on any atom is 0.137 e. The van der Waals surface area contributed by atoms with Crippen molar-refractivity contribution in [2.45, 2.75) is 39.3 Å². The minimum absolute atomic E-state index is 0.850. The van der Waals surface area contributed by atoms with E-state index in [1.54, 1.807) is 6.33 Å². The van der Waals surface area contributed by atoms with Crippen molar-refractivity contribution in [1.29, 1.82) is 0 Å². The summed E-state index contributed by atoms with van der Waals surface area (Å²) in [5.74, 6) is 0.944. The van der Waals surface area contributed by atoms with Gasteiger partial charge in [0.2, 0.25) is 0 Å². The predicted octanol–water partition coefficient (Wildman–Crippen LogP) is 1.13. The van der Waals surface area contributed by atoms with Crippen molar-refractivity contribution in [1.82, 2.24) is 30.0 Å². The number of rotatable bonds is 8. The summed E-state index contributed by atoms with van der Waals surface area (Å²) < 4.78 is 2.12. The first kappa shape index (κ1) is 12.8. The van der Waals surface area contributed by atoms with Crippen LogP contribution >= 0.6 is 0 Å². The minimum atomic E-state index is 0.850. The zero-order valence-corrected chi connectivity index (χ0v) is 10.8. The second-order valence-electron chi connectivity index (χ2n) is 4.32. The molecule has 0 aromatic carbocycles. The average Bonchev–Trinajstić information content (AvgIpc) is 3.01. The van der Waals surface area contributed by atoms with Gasteiger partial charge in [0.25, 0.3) is 0 Å². The molecule has 0 bridgehead atoms. The van der Waals surface area contributed by atoms with E-state index in [1.165, 1.54) is 0 Å². The van der Waals surface area contributed by atoms with Gasteiger partial charge in [-0.1, -0.05) is 6.92 Å². The fraction of sp³-hybridized carbons (Fsp3) is 0.583. The molecule has 98 valence electrons. The minimum Gasteiger partial charge on any atom is -0.337 e. The molecule has 2 N–H and O–H groups in total. The molecule has 2 aromatic heterocycles. The van der Waals surface area contributed by atoms with Gasteiger partial charge in [-0.05, 0) is 19.4 Å². The Balaban J connectivity index is 1.69. The molecule has 0 fully saturated rings. The maximum atomic E-state index is 4.37. The highest BCUT2D eigenvalue weighted by atomic mass is 15.2. The number of hydrogen-bond acceptors (Lipinski definition) is 4. The summed E-state index contributed by atoms with van der Waals surface area (Å²) in [6.07, 6.45) is 8.64. The fourth-order valence-corrected chi connectivity index (χ4v) is 1.79. The molecule has 0 aliphatic carbocycles. The third kappa shape index (κ3) is 3.96. The first-order valence-electron chi connectivity index (χ1n) is 6.44. The highest BCUT2D eigenvalue weighted by Crippen LogP contribution is 2.00. The molecule has 0 unspecified atom stereocenters. The third-order valence-electron chi connectivity index (χ3n) is 2.71. The lowest BCUT2D eigenvalue weighted by Crippen LogP contribution is -2.13. The number of H-pyrrole nitrogens is 1. The number of nitrogens with one attached hydrogen (secondary N) is 2. The van der Waals surface area contributed by atoms with Gasteiger partial charge < -0.3 is 9.88 Å². The molecule has 0 saturated carbocycles. The lowest BCUT2D eigenvalue weighted by molar-refractivity contribution is 0.626. The van der Waals surface area contributed by atoms with Gasteiger partial charge in [-0.3, -0.25) is 5.10 Å². The van der Waals surface area contributed by atoms with Crippen molar-refractivity contribution >= 4 is 0 Å². The Hall–Kier alpha value is -1.69. The van der Waals surface area contributed by atoms with Crippen LogP contribution in [0.5, 0.6) is 0 Å². The number of hydrogen-bond donors (Lipinski definition) is 2. The first-order chi connectivity index (χ1) is 8.88. The van der Waals surface area contributed by atoms with E-state index in [1.807, 2.05) is 6.33 Å². The van der Waals surface area contributed by atoms with Crippen LogP contribution < -0.4 is 5.32 Å². The molecule has 0 aliphatic heterocycles. The molecule has 2 heterocycles. The summed E-state index contributed by atoms with van der Waals surface area (Å²) in [5, 5.41) is 10.0. The van der Waals surface area contributed by atoms with Crippen molar-refractivity contribution in [3.05, 3.63) is 30.4 Å². The largest absolute Gasteiger partial charge is 0.337 e. The van der Waals surface area contributed by atoms with Crippen molar-refractivity contribution in [3.63, 3.8) is 0 Å². The van der Waals surface area contributed by atoms with Crippen LogP contribution in [0.1, 0.15) is 31.3 Å². The van der Waals surface area contributed by atoms with Crippen LogP contribution in [0.25, 0.3) is 0 Å². The lowest BCUT2D eigenvalue weighted by atomic mass is 10.3. The Morgan fingerprint density at radius 3 is 3.11 bits per heavy atom. The number of aryl methyl sites for hydroxylation is 2. The van der Waals surface area contributed by atoms with Crippen molar-refractivity contribution in [2.24, 2.45) is 0 Å². The van der Waals surface area contributed by atoms with E-state index in [-0.39, 0.29) is 0 Å². The van der Waals surface area contributed by atoms with Gasteiger partial charge >= 0.3 is 0 Å². The average molecular weight is 248 g/mol. The highest BCUT2D eigenvalue weighted by molar-refractivity contribution is 4.96. The van der Waals surface area contributed by atoms with Gasteiger partial charge in [-0.25, -0.2) is 9.97 Å². The van der Waals surface area contributed by atoms with E-state index in [9.17, 15) is 0 Å². The number of imidazole rings is 1. The van der Waals surface area contributed by atoms with Gasteiger partial charge in [-0.2, -0.15) is 5.10 Å². The van der Waals surface area contributed by atoms with E-state index in [2.05, 4.69) is 43.2 Å². The molecule has 0 amide bonds. The molecule has 0 saturated heterocycles. The summed E-state index contributed by atoms with van der Waals surface area (Å²) in [7, 11) is 0. The second-order valence-corrected chi connectivity index (χ2v) is 4.32. The highest BCUT2D eigenvalue weighted by Gasteiger charge is 2.00. The van der Waals surface area contributed by atoms with Crippen molar-refractivity contribution in [2.75, 3.05) is 6.54 Å². The smallest absolute Gasteiger partial charge is 0.137 e. The van der Waals surface area contributed by atoms with E-state index >= 15 is 0 Å². The predicted molar refractivity (Wildman–Crippen MR) is 68.9 cm³/mol. The number of aromatic nitrogens is 5. The Morgan fingerprint density at radius 1 is 1.39 bits per heavy atom. The molecule has 0 radical (unpaired) electrons. The van der Waals surface area contributed by atoms with Gasteiger partial charge in [-0.15, -0.1) is 0 Å². The van der Waals surface area contributed by atoms with Gasteiger partial charge in [0, 0.05) is 25.7 Å². The molecule has 0 atom stereocenters. The Bertz CT molecular complexity index is 433. The van der Waals surface area contributed by atoms with Crippen LogP contribution in [0.4, 0.5) is 0 Å². The maximum absolute atomic E-state index is 4.37. The molecule has 2 aromatic rings. The van der Waals surface area contributed by atoms with Crippen LogP contribution in [0.15, 0.2) is 18.9 Å². The number of aromatic amines is 1. The molecule has 6 heteroatoms. The van der Waals surface area contributed by atoms with Crippen LogP contribution in [0.3, 0.4) is 0 Å². The molecule has 0 spiro atoms. The quantitative estimate of drug-likeness (QED) is 0.687. The van der Waals surface area contributed by atoms with Gasteiger partial charge in [0.05, 0.1) is 12.0 Å². The summed E-state index contributed by atoms with van der Waals surface area (Å²) in [5.41, 5.74) is 1.10. The molecule has 18 heavy (non-hydrogen) atoms. The number of nitrogens with zero attached hydrogens (tertiary/aromatic N) is 4. The molecular weight excluding hydrogens is 228 g/mol. The van der Waals surface area contributed by atoms with Gasteiger partial charge in [0.1, 0.15) is 12.2 Å². The van der Waals surface area contributed by atoms with Crippen molar-refractivity contribution < 1.29 is 0 Å². The monoisotopic (exact) mass is 248 g/mol. The summed E-state index contributed by atoms with van der Waals surface area (Å²) >= 11 is 0. The zero-order valence-electron chi connectivity index (χ0n) is 10.8. The van der Waals surface area contributed by atoms with Crippen LogP contribution in [-0.2, 0) is 19.5 Å². The normalized spacial score (nSPS) is 10.9. The van der Waals surface area contributed by atoms with E-state index < -0.39 is 0 Å². The fourth-order valence-electron chi connectivity index (χ4n) is 1.79. The molecular formula is C12H20N6. The SMILES string of the molecule is CCCNCc1cn(CCCc2ncn[nH]2)cn1. The Morgan fingerprint density at radius 2 is 2.33 bits per heavy atom. The second kappa shape index (κ2) is 6.90. The first-order valence-corrected chi connectivity index (χ1v) is 6.44. The Labute approximate surface area is 107 Å². The summed E-state index contributed by atoms with van der Waals surface area (Å²) in [6, 6.07) is 0. The van der Waals surface area contributed by atoms with Crippen molar-refractivity contribution in [3.8, 4) is 0 Å². The topological polar surface area (TPSA) is 71.4 Å². The summed E-state index contributed by atoms with van der Waals surface area (Å²) in [4.78, 5) is 8.47. The lowest BCUT2D eigenvalue weighted by Gasteiger charge is -2.00. The zero-order chi connectivity index (χ0) is 12.6. The third-order valence-corrected chi connectivity index (χ3v) is 2.71. The van der Waals surface area contributed by atoms with Crippen LogP contribution in [0, 0.1) is 0 Å². The van der Waals surface area contributed by atoms with Crippen LogP contribution in [0.2, 0.25) is 0 Å². The molecule has 6 nitrogen and oxygen atoms in total. The summed E-state index contributed by atoms with van der Waals surface area (Å²) in [6.45, 7) is 5.01. The van der Waals surface area contributed by atoms with Gasteiger partial charge in [0.15, 0.2) is 0 Å². The van der Waals surface area contributed by atoms with Crippen LogP contribution in [-0.4, -0.2) is 31.3 Å². The standard InChI is InChI=1S/C12H20N6/c1-2-5-13-7-11-8-18(10-15-11)6-3-4-12-14-9-16-17-12/h8-10,13H,2-7H2,1H3,(H,14,16,17). The van der Waals surface area contributed by atoms with E-state index in [0.29, 0.717) is 0 Å². The molecule has 2 rings (SSSR count). The van der Waals surface area contributed by atoms with E-state index in [4.69, 9.17) is 0 Å².